The lowest BCUT2D eigenvalue weighted by Crippen LogP contribution is -2.24. The third-order valence-electron chi connectivity index (χ3n) is 4.04. The van der Waals surface area contributed by atoms with Crippen molar-refractivity contribution in [2.75, 3.05) is 6.54 Å². The van der Waals surface area contributed by atoms with Gasteiger partial charge in [0.15, 0.2) is 0 Å². The van der Waals surface area contributed by atoms with Crippen molar-refractivity contribution in [3.8, 4) is 5.75 Å². The Balaban J connectivity index is 1.72. The molecule has 0 aliphatic carbocycles. The van der Waals surface area contributed by atoms with Crippen LogP contribution in [-0.2, 0) is 19.5 Å². The lowest BCUT2D eigenvalue weighted by atomic mass is 10.1. The van der Waals surface area contributed by atoms with Crippen LogP contribution in [0.2, 0.25) is 0 Å². The normalized spacial score (nSPS) is 16.8. The molecule has 112 valence electrons. The Bertz CT molecular complexity index is 633. The van der Waals surface area contributed by atoms with Crippen molar-refractivity contribution in [1.82, 2.24) is 14.9 Å². The van der Waals surface area contributed by atoms with Gasteiger partial charge in [0.1, 0.15) is 17.7 Å². The van der Waals surface area contributed by atoms with Crippen molar-refractivity contribution in [2.24, 2.45) is 0 Å². The smallest absolute Gasteiger partial charge is 0.123 e. The molecule has 21 heavy (non-hydrogen) atoms. The number of aromatic nitrogens is 2. The van der Waals surface area contributed by atoms with E-state index in [1.807, 2.05) is 6.20 Å². The number of nitrogens with zero attached hydrogens (tertiary/aromatic N) is 2. The predicted octanol–water partition coefficient (Wildman–Crippen LogP) is 2.61. The second-order valence-corrected chi connectivity index (χ2v) is 5.74. The molecule has 0 bridgehead atoms. The van der Waals surface area contributed by atoms with Crippen LogP contribution in [0.1, 0.15) is 29.6 Å². The van der Waals surface area contributed by atoms with Gasteiger partial charge in [0.2, 0.25) is 0 Å². The Morgan fingerprint density at radius 3 is 3.05 bits per heavy atom. The summed E-state index contributed by atoms with van der Waals surface area (Å²) in [6.07, 6.45) is 3.15. The van der Waals surface area contributed by atoms with Gasteiger partial charge in [0.05, 0.1) is 12.2 Å². The molecule has 0 radical (unpaired) electrons. The SMILES string of the molecule is CCNCc1cnc(C)n1CC1Cc2cc(C)ccc2O1. The molecule has 0 saturated heterocycles. The number of hydrogen-bond acceptors (Lipinski definition) is 3. The van der Waals surface area contributed by atoms with Crippen LogP contribution in [0.4, 0.5) is 0 Å². The van der Waals surface area contributed by atoms with Crippen molar-refractivity contribution in [3.63, 3.8) is 0 Å². The molecule has 1 aliphatic heterocycles. The molecule has 1 aromatic carbocycles. The average molecular weight is 285 g/mol. The van der Waals surface area contributed by atoms with Gasteiger partial charge >= 0.3 is 0 Å². The van der Waals surface area contributed by atoms with Gasteiger partial charge in [-0.15, -0.1) is 0 Å². The van der Waals surface area contributed by atoms with E-state index in [1.165, 1.54) is 16.8 Å². The highest BCUT2D eigenvalue weighted by Crippen LogP contribution is 2.30. The van der Waals surface area contributed by atoms with E-state index >= 15 is 0 Å². The largest absolute Gasteiger partial charge is 0.488 e. The first-order valence-electron chi connectivity index (χ1n) is 7.65. The van der Waals surface area contributed by atoms with Crippen LogP contribution in [0.15, 0.2) is 24.4 Å². The maximum absolute atomic E-state index is 6.08. The van der Waals surface area contributed by atoms with Gasteiger partial charge in [0, 0.05) is 19.2 Å². The Morgan fingerprint density at radius 1 is 1.38 bits per heavy atom. The van der Waals surface area contributed by atoms with Crippen LogP contribution in [0.5, 0.6) is 5.75 Å². The van der Waals surface area contributed by atoms with Gasteiger partial charge in [-0.1, -0.05) is 24.6 Å². The van der Waals surface area contributed by atoms with Gasteiger partial charge in [-0.25, -0.2) is 4.98 Å². The fourth-order valence-electron chi connectivity index (χ4n) is 2.91. The molecule has 1 aromatic heterocycles. The summed E-state index contributed by atoms with van der Waals surface area (Å²) in [5, 5.41) is 3.37. The fourth-order valence-corrected chi connectivity index (χ4v) is 2.91. The molecule has 0 spiro atoms. The van der Waals surface area contributed by atoms with Crippen LogP contribution in [0.3, 0.4) is 0 Å². The van der Waals surface area contributed by atoms with E-state index in [9.17, 15) is 0 Å². The zero-order valence-corrected chi connectivity index (χ0v) is 13.0. The van der Waals surface area contributed by atoms with E-state index in [2.05, 4.69) is 53.8 Å². The third-order valence-corrected chi connectivity index (χ3v) is 4.04. The lowest BCUT2D eigenvalue weighted by molar-refractivity contribution is 0.206. The van der Waals surface area contributed by atoms with Gasteiger partial charge in [-0.05, 0) is 32.0 Å². The Kier molecular flexibility index (Phi) is 3.97. The van der Waals surface area contributed by atoms with E-state index in [0.29, 0.717) is 0 Å². The summed E-state index contributed by atoms with van der Waals surface area (Å²) in [6.45, 7) is 8.99. The van der Waals surface area contributed by atoms with Crippen LogP contribution >= 0.6 is 0 Å². The summed E-state index contributed by atoms with van der Waals surface area (Å²) < 4.78 is 8.35. The molecular formula is C17H23N3O. The number of fused-ring (bicyclic) bond motifs is 1. The van der Waals surface area contributed by atoms with Crippen LogP contribution in [0, 0.1) is 13.8 Å². The summed E-state index contributed by atoms with van der Waals surface area (Å²) in [5.41, 5.74) is 3.85. The van der Waals surface area contributed by atoms with Crippen LogP contribution < -0.4 is 10.1 Å². The number of ether oxygens (including phenoxy) is 1. The highest BCUT2D eigenvalue weighted by Gasteiger charge is 2.24. The summed E-state index contributed by atoms with van der Waals surface area (Å²) >= 11 is 0. The molecule has 2 heterocycles. The molecule has 3 rings (SSSR count). The van der Waals surface area contributed by atoms with Crippen molar-refractivity contribution in [3.05, 3.63) is 47.0 Å². The highest BCUT2D eigenvalue weighted by molar-refractivity contribution is 5.40. The van der Waals surface area contributed by atoms with Crippen molar-refractivity contribution in [1.29, 1.82) is 0 Å². The van der Waals surface area contributed by atoms with Crippen molar-refractivity contribution in [2.45, 2.75) is 46.4 Å². The summed E-state index contributed by atoms with van der Waals surface area (Å²) in [6, 6.07) is 6.43. The zero-order valence-electron chi connectivity index (χ0n) is 13.0. The zero-order chi connectivity index (χ0) is 14.8. The van der Waals surface area contributed by atoms with Gasteiger partial charge in [0.25, 0.3) is 0 Å². The Morgan fingerprint density at radius 2 is 2.24 bits per heavy atom. The van der Waals surface area contributed by atoms with E-state index < -0.39 is 0 Å². The van der Waals surface area contributed by atoms with E-state index in [0.717, 1.165) is 37.6 Å². The number of benzene rings is 1. The molecule has 4 heteroatoms. The van der Waals surface area contributed by atoms with E-state index in [1.54, 1.807) is 0 Å². The number of nitrogens with one attached hydrogen (secondary N) is 1. The van der Waals surface area contributed by atoms with Gasteiger partial charge in [-0.3, -0.25) is 0 Å². The van der Waals surface area contributed by atoms with Crippen molar-refractivity contribution < 1.29 is 4.74 Å². The second-order valence-electron chi connectivity index (χ2n) is 5.74. The second kappa shape index (κ2) is 5.90. The minimum atomic E-state index is 0.204. The lowest BCUT2D eigenvalue weighted by Gasteiger charge is -2.15. The predicted molar refractivity (Wildman–Crippen MR) is 83.6 cm³/mol. The molecule has 0 amide bonds. The molecule has 1 atom stereocenters. The quantitative estimate of drug-likeness (QED) is 0.918. The summed E-state index contributed by atoms with van der Waals surface area (Å²) in [7, 11) is 0. The molecule has 1 unspecified atom stereocenters. The fraction of sp³-hybridized carbons (Fsp3) is 0.471. The van der Waals surface area contributed by atoms with Crippen molar-refractivity contribution >= 4 is 0 Å². The van der Waals surface area contributed by atoms with E-state index in [4.69, 9.17) is 4.74 Å². The van der Waals surface area contributed by atoms with Gasteiger partial charge in [-0.2, -0.15) is 0 Å². The maximum Gasteiger partial charge on any atom is 0.123 e. The minimum Gasteiger partial charge on any atom is -0.488 e. The summed E-state index contributed by atoms with van der Waals surface area (Å²) in [4.78, 5) is 4.44. The Labute approximate surface area is 126 Å². The molecule has 0 saturated carbocycles. The molecule has 2 aromatic rings. The number of aryl methyl sites for hydroxylation is 2. The van der Waals surface area contributed by atoms with Crippen LogP contribution in [-0.4, -0.2) is 22.2 Å². The average Bonchev–Trinajstić information content (AvgIpc) is 3.01. The van der Waals surface area contributed by atoms with Crippen LogP contribution in [0.25, 0.3) is 0 Å². The monoisotopic (exact) mass is 285 g/mol. The molecular weight excluding hydrogens is 262 g/mol. The topological polar surface area (TPSA) is 39.1 Å². The number of rotatable bonds is 5. The standard InChI is InChI=1S/C17H23N3O/c1-4-18-9-15-10-19-13(3)20(15)11-16-8-14-7-12(2)5-6-17(14)21-16/h5-7,10,16,18H,4,8-9,11H2,1-3H3. The Hall–Kier alpha value is -1.81. The first-order valence-corrected chi connectivity index (χ1v) is 7.65. The maximum atomic E-state index is 6.08. The first-order chi connectivity index (χ1) is 10.2. The first kappa shape index (κ1) is 14.1. The third kappa shape index (κ3) is 2.95. The highest BCUT2D eigenvalue weighted by atomic mass is 16.5. The molecule has 1 aliphatic rings. The molecule has 0 fully saturated rings. The number of imidazole rings is 1. The molecule has 4 nitrogen and oxygen atoms in total. The number of hydrogen-bond donors (Lipinski definition) is 1. The van der Waals surface area contributed by atoms with Gasteiger partial charge < -0.3 is 14.6 Å². The minimum absolute atomic E-state index is 0.204. The van der Waals surface area contributed by atoms with E-state index in [-0.39, 0.29) is 6.10 Å². The summed E-state index contributed by atoms with van der Waals surface area (Å²) in [5.74, 6) is 2.09. The molecule has 1 N–H and O–H groups in total.